The molecule has 1 aromatic rings. The second-order valence-corrected chi connectivity index (χ2v) is 7.54. The van der Waals surface area contributed by atoms with Crippen LogP contribution in [0.2, 0.25) is 0 Å². The maximum absolute atomic E-state index is 12.4. The smallest absolute Gasteiger partial charge is 0.322 e. The summed E-state index contributed by atoms with van der Waals surface area (Å²) in [4.78, 5) is 21.6. The van der Waals surface area contributed by atoms with Crippen LogP contribution in [0.3, 0.4) is 0 Å². The molecule has 1 atom stereocenters. The minimum Gasteiger partial charge on any atom is -0.481 e. The molecule has 0 amide bonds. The maximum atomic E-state index is 12.4. The van der Waals surface area contributed by atoms with Crippen molar-refractivity contribution in [2.45, 2.75) is 43.5 Å². The van der Waals surface area contributed by atoms with Crippen LogP contribution in [0.4, 0.5) is 0 Å². The third kappa shape index (κ3) is 4.54. The maximum Gasteiger partial charge on any atom is 0.322 e. The van der Waals surface area contributed by atoms with Gasteiger partial charge in [-0.05, 0) is 17.0 Å². The first-order valence-electron chi connectivity index (χ1n) is 6.51. The van der Waals surface area contributed by atoms with E-state index in [1.165, 1.54) is 12.1 Å². The lowest BCUT2D eigenvalue weighted by Crippen LogP contribution is -2.42. The second-order valence-electron chi connectivity index (χ2n) is 5.86. The van der Waals surface area contributed by atoms with Crippen LogP contribution in [-0.2, 0) is 25.0 Å². The molecule has 3 N–H and O–H groups in total. The van der Waals surface area contributed by atoms with Crippen molar-refractivity contribution < 1.29 is 28.2 Å². The number of carboxylic acid groups (broad SMARTS) is 2. The van der Waals surface area contributed by atoms with E-state index in [0.29, 0.717) is 5.56 Å². The average Bonchev–Trinajstić information content (AvgIpc) is 2.36. The molecule has 0 fully saturated rings. The Labute approximate surface area is 129 Å². The highest BCUT2D eigenvalue weighted by Gasteiger charge is 2.31. The molecule has 8 heteroatoms. The second kappa shape index (κ2) is 6.45. The molecule has 0 aromatic heterocycles. The molecule has 0 radical (unpaired) electrons. The molecule has 0 aliphatic heterocycles. The van der Waals surface area contributed by atoms with Crippen molar-refractivity contribution in [1.29, 1.82) is 0 Å². The van der Waals surface area contributed by atoms with Crippen molar-refractivity contribution in [1.82, 2.24) is 4.72 Å². The molecule has 7 nitrogen and oxygen atoms in total. The summed E-state index contributed by atoms with van der Waals surface area (Å²) in [5.41, 5.74) is 0.0404. The predicted molar refractivity (Wildman–Crippen MR) is 79.1 cm³/mol. The fraction of sp³-hybridized carbons (Fsp3) is 0.429. The highest BCUT2D eigenvalue weighted by atomic mass is 32.2. The summed E-state index contributed by atoms with van der Waals surface area (Å²) in [5.74, 6) is -2.95. The van der Waals surface area contributed by atoms with Gasteiger partial charge in [0, 0.05) is 0 Å². The molecule has 0 saturated carbocycles. The lowest BCUT2D eigenvalue weighted by atomic mass is 9.87. The van der Waals surface area contributed by atoms with Crippen molar-refractivity contribution in [2.75, 3.05) is 0 Å². The number of carbonyl (C=O) groups is 2. The van der Waals surface area contributed by atoms with Crippen LogP contribution < -0.4 is 4.72 Å². The number of rotatable bonds is 6. The highest BCUT2D eigenvalue weighted by molar-refractivity contribution is 7.89. The number of aliphatic carboxylic acids is 2. The first kappa shape index (κ1) is 18.1. The summed E-state index contributed by atoms with van der Waals surface area (Å²) in [5, 5.41) is 17.7. The Morgan fingerprint density at radius 3 is 2.18 bits per heavy atom. The van der Waals surface area contributed by atoms with Gasteiger partial charge >= 0.3 is 11.9 Å². The summed E-state index contributed by atoms with van der Waals surface area (Å²) >= 11 is 0. The Kier molecular flexibility index (Phi) is 5.31. The van der Waals surface area contributed by atoms with Gasteiger partial charge in [0.05, 0.1) is 11.3 Å². The normalized spacial score (nSPS) is 13.6. The van der Waals surface area contributed by atoms with Crippen LogP contribution in [0.25, 0.3) is 0 Å². The van der Waals surface area contributed by atoms with Gasteiger partial charge in [-0.3, -0.25) is 9.59 Å². The third-order valence-electron chi connectivity index (χ3n) is 2.96. The summed E-state index contributed by atoms with van der Waals surface area (Å²) in [6.45, 7) is 5.48. The SMILES string of the molecule is CC(C)(C)c1ccccc1S(=O)(=O)N[C@@H](CC(=O)O)C(=O)O. The van der Waals surface area contributed by atoms with E-state index in [2.05, 4.69) is 0 Å². The van der Waals surface area contributed by atoms with E-state index in [9.17, 15) is 18.0 Å². The molecule has 22 heavy (non-hydrogen) atoms. The molecular weight excluding hydrogens is 310 g/mol. The van der Waals surface area contributed by atoms with Crippen LogP contribution in [-0.4, -0.2) is 36.6 Å². The quantitative estimate of drug-likeness (QED) is 0.721. The van der Waals surface area contributed by atoms with E-state index in [4.69, 9.17) is 10.2 Å². The van der Waals surface area contributed by atoms with Crippen LogP contribution in [0.15, 0.2) is 29.2 Å². The fourth-order valence-corrected chi connectivity index (χ4v) is 3.53. The van der Waals surface area contributed by atoms with Gasteiger partial charge in [-0.1, -0.05) is 39.0 Å². The van der Waals surface area contributed by atoms with Crippen molar-refractivity contribution in [3.8, 4) is 0 Å². The lowest BCUT2D eigenvalue weighted by molar-refractivity contribution is -0.145. The van der Waals surface area contributed by atoms with E-state index < -0.39 is 39.8 Å². The fourth-order valence-electron chi connectivity index (χ4n) is 1.93. The zero-order valence-corrected chi connectivity index (χ0v) is 13.3. The van der Waals surface area contributed by atoms with Crippen LogP contribution in [0.5, 0.6) is 0 Å². The van der Waals surface area contributed by atoms with Crippen molar-refractivity contribution in [3.63, 3.8) is 0 Å². The lowest BCUT2D eigenvalue weighted by Gasteiger charge is -2.23. The first-order valence-corrected chi connectivity index (χ1v) is 8.00. The van der Waals surface area contributed by atoms with Gasteiger partial charge in [0.15, 0.2) is 0 Å². The number of benzene rings is 1. The molecule has 0 aliphatic rings. The number of carboxylic acids is 2. The molecule has 0 saturated heterocycles. The average molecular weight is 329 g/mol. The molecule has 1 rings (SSSR count). The van der Waals surface area contributed by atoms with Gasteiger partial charge in [-0.25, -0.2) is 8.42 Å². The summed E-state index contributed by atoms with van der Waals surface area (Å²) in [6.07, 6.45) is -0.841. The van der Waals surface area contributed by atoms with Gasteiger partial charge in [0.2, 0.25) is 10.0 Å². The Bertz CT molecular complexity index is 675. The topological polar surface area (TPSA) is 121 Å². The molecule has 0 heterocycles. The minimum atomic E-state index is -4.16. The molecule has 0 bridgehead atoms. The van der Waals surface area contributed by atoms with Gasteiger partial charge < -0.3 is 10.2 Å². The van der Waals surface area contributed by atoms with Crippen molar-refractivity contribution in [2.24, 2.45) is 0 Å². The molecule has 0 aliphatic carbocycles. The minimum absolute atomic E-state index is 0.0564. The van der Waals surface area contributed by atoms with E-state index in [0.717, 1.165) is 0 Å². The van der Waals surface area contributed by atoms with E-state index in [-0.39, 0.29) is 4.90 Å². The zero-order chi connectivity index (χ0) is 17.1. The summed E-state index contributed by atoms with van der Waals surface area (Å²) < 4.78 is 26.8. The summed E-state index contributed by atoms with van der Waals surface area (Å²) in [7, 11) is -4.16. The first-order chi connectivity index (χ1) is 9.95. The Morgan fingerprint density at radius 1 is 1.18 bits per heavy atom. The van der Waals surface area contributed by atoms with Gasteiger partial charge in [-0.15, -0.1) is 0 Å². The van der Waals surface area contributed by atoms with Crippen molar-refractivity contribution in [3.05, 3.63) is 29.8 Å². The molecular formula is C14H19NO6S. The van der Waals surface area contributed by atoms with Crippen molar-refractivity contribution >= 4 is 22.0 Å². The Morgan fingerprint density at radius 2 is 1.73 bits per heavy atom. The molecule has 122 valence electrons. The Hall–Kier alpha value is -1.93. The predicted octanol–water partition coefficient (Wildman–Crippen LogP) is 1.19. The standard InChI is InChI=1S/C14H19NO6S/c1-14(2,3)9-6-4-5-7-11(9)22(20,21)15-10(13(18)19)8-12(16)17/h4-7,10,15H,8H2,1-3H3,(H,16,17)(H,18,19)/t10-/m0/s1. The van der Waals surface area contributed by atoms with E-state index >= 15 is 0 Å². The van der Waals surface area contributed by atoms with E-state index in [1.54, 1.807) is 12.1 Å². The van der Waals surface area contributed by atoms with Gasteiger partial charge in [-0.2, -0.15) is 4.72 Å². The van der Waals surface area contributed by atoms with E-state index in [1.807, 2.05) is 25.5 Å². The van der Waals surface area contributed by atoms with Crippen LogP contribution >= 0.6 is 0 Å². The van der Waals surface area contributed by atoms with Gasteiger partial charge in [0.1, 0.15) is 6.04 Å². The number of hydrogen-bond acceptors (Lipinski definition) is 4. The monoisotopic (exact) mass is 329 g/mol. The number of hydrogen-bond donors (Lipinski definition) is 3. The van der Waals surface area contributed by atoms with Crippen LogP contribution in [0.1, 0.15) is 32.8 Å². The van der Waals surface area contributed by atoms with Gasteiger partial charge in [0.25, 0.3) is 0 Å². The molecule has 1 aromatic carbocycles. The number of nitrogens with one attached hydrogen (secondary N) is 1. The molecule has 0 unspecified atom stereocenters. The number of sulfonamides is 1. The van der Waals surface area contributed by atoms with Crippen LogP contribution in [0, 0.1) is 0 Å². The highest BCUT2D eigenvalue weighted by Crippen LogP contribution is 2.28. The third-order valence-corrected chi connectivity index (χ3v) is 4.49. The Balaban J connectivity index is 3.25. The molecule has 0 spiro atoms. The summed E-state index contributed by atoms with van der Waals surface area (Å²) in [6, 6.07) is 4.49. The zero-order valence-electron chi connectivity index (χ0n) is 12.5. The largest absolute Gasteiger partial charge is 0.481 e.